The third-order valence-electron chi connectivity index (χ3n) is 3.78. The summed E-state index contributed by atoms with van der Waals surface area (Å²) in [6.07, 6.45) is -3.33. The number of thiophene rings is 1. The van der Waals surface area contributed by atoms with Gasteiger partial charge in [0.1, 0.15) is 17.5 Å². The SMILES string of the molecule is Cn1nc(-c2ccc(/C=C(\C#N)S(=O)(=O)c3ccccc3)s2)cc1C(F)(F)F. The Morgan fingerprint density at radius 1 is 1.21 bits per heavy atom. The predicted molar refractivity (Wildman–Crippen MR) is 98.7 cm³/mol. The van der Waals surface area contributed by atoms with Gasteiger partial charge in [-0.1, -0.05) is 18.2 Å². The number of nitrogens with zero attached hydrogens (tertiary/aromatic N) is 3. The third-order valence-corrected chi connectivity index (χ3v) is 6.51. The molecule has 2 heterocycles. The highest BCUT2D eigenvalue weighted by atomic mass is 32.2. The first-order valence-corrected chi connectivity index (χ1v) is 10.1. The van der Waals surface area contributed by atoms with E-state index in [1.807, 2.05) is 0 Å². The molecule has 0 amide bonds. The molecule has 0 aliphatic heterocycles. The summed E-state index contributed by atoms with van der Waals surface area (Å²) in [5.41, 5.74) is -0.777. The number of aryl methyl sites for hydroxylation is 1. The van der Waals surface area contributed by atoms with Crippen molar-refractivity contribution in [3.8, 4) is 16.6 Å². The van der Waals surface area contributed by atoms with E-state index < -0.39 is 26.6 Å². The average Bonchev–Trinajstić information content (AvgIpc) is 3.26. The first kappa shape index (κ1) is 19.9. The fourth-order valence-corrected chi connectivity index (χ4v) is 4.60. The van der Waals surface area contributed by atoms with Gasteiger partial charge < -0.3 is 0 Å². The standard InChI is InChI=1S/C18H12F3N3O2S2/c1-24-17(18(19,20)21)10-15(23-24)16-8-7-12(27-16)9-14(11-22)28(25,26)13-5-3-2-4-6-13/h2-10H,1H3/b14-9+. The van der Waals surface area contributed by atoms with Crippen LogP contribution in [0.15, 0.2) is 58.3 Å². The monoisotopic (exact) mass is 423 g/mol. The Balaban J connectivity index is 1.97. The summed E-state index contributed by atoms with van der Waals surface area (Å²) in [6.45, 7) is 0. The van der Waals surface area contributed by atoms with Crippen LogP contribution in [-0.4, -0.2) is 18.2 Å². The van der Waals surface area contributed by atoms with Crippen LogP contribution in [0.3, 0.4) is 0 Å². The lowest BCUT2D eigenvalue weighted by molar-refractivity contribution is -0.143. The predicted octanol–water partition coefficient (Wildman–Crippen LogP) is 4.51. The second kappa shape index (κ2) is 7.26. The van der Waals surface area contributed by atoms with Crippen molar-refractivity contribution in [2.45, 2.75) is 11.1 Å². The molecule has 0 unspecified atom stereocenters. The number of benzene rings is 1. The molecule has 0 radical (unpaired) electrons. The van der Waals surface area contributed by atoms with Crippen molar-refractivity contribution < 1.29 is 21.6 Å². The van der Waals surface area contributed by atoms with Gasteiger partial charge in [0.05, 0.1) is 9.77 Å². The number of hydrogen-bond donors (Lipinski definition) is 0. The van der Waals surface area contributed by atoms with Gasteiger partial charge in [0.25, 0.3) is 0 Å². The first-order chi connectivity index (χ1) is 13.1. The van der Waals surface area contributed by atoms with Gasteiger partial charge in [-0.25, -0.2) is 8.42 Å². The van der Waals surface area contributed by atoms with Crippen molar-refractivity contribution in [1.82, 2.24) is 9.78 Å². The molecule has 5 nitrogen and oxygen atoms in total. The van der Waals surface area contributed by atoms with Crippen LogP contribution in [0.1, 0.15) is 10.6 Å². The second-order valence-corrected chi connectivity index (χ2v) is 8.71. The highest BCUT2D eigenvalue weighted by Gasteiger charge is 2.35. The van der Waals surface area contributed by atoms with Crippen molar-refractivity contribution in [1.29, 1.82) is 5.26 Å². The average molecular weight is 423 g/mol. The molecule has 2 aromatic heterocycles. The normalized spacial score (nSPS) is 12.8. The smallest absolute Gasteiger partial charge is 0.263 e. The van der Waals surface area contributed by atoms with Crippen LogP contribution in [0.25, 0.3) is 16.6 Å². The molecule has 0 spiro atoms. The third kappa shape index (κ3) is 3.85. The summed E-state index contributed by atoms with van der Waals surface area (Å²) in [6, 6.07) is 13.2. The van der Waals surface area contributed by atoms with E-state index in [0.717, 1.165) is 22.1 Å². The van der Waals surface area contributed by atoms with Crippen LogP contribution in [0.2, 0.25) is 0 Å². The van der Waals surface area contributed by atoms with Crippen molar-refractivity contribution >= 4 is 27.3 Å². The van der Waals surface area contributed by atoms with E-state index >= 15 is 0 Å². The lowest BCUT2D eigenvalue weighted by atomic mass is 10.3. The summed E-state index contributed by atoms with van der Waals surface area (Å²) in [4.78, 5) is 0.361. The Labute approximate surface area is 162 Å². The molecule has 0 aliphatic carbocycles. The summed E-state index contributed by atoms with van der Waals surface area (Å²) in [7, 11) is -2.79. The summed E-state index contributed by atoms with van der Waals surface area (Å²) >= 11 is 1.04. The highest BCUT2D eigenvalue weighted by molar-refractivity contribution is 7.95. The number of sulfone groups is 1. The fraction of sp³-hybridized carbons (Fsp3) is 0.111. The number of allylic oxidation sites excluding steroid dienone is 1. The van der Waals surface area contributed by atoms with Crippen LogP contribution >= 0.6 is 11.3 Å². The van der Waals surface area contributed by atoms with Gasteiger partial charge in [0.2, 0.25) is 9.84 Å². The molecule has 1 aromatic carbocycles. The number of hydrogen-bond acceptors (Lipinski definition) is 5. The Kier molecular flexibility index (Phi) is 5.14. The molecular formula is C18H12F3N3O2S2. The zero-order valence-corrected chi connectivity index (χ0v) is 15.9. The van der Waals surface area contributed by atoms with Crippen LogP contribution in [0.5, 0.6) is 0 Å². The van der Waals surface area contributed by atoms with Gasteiger partial charge in [-0.3, -0.25) is 4.68 Å². The second-order valence-electron chi connectivity index (χ2n) is 5.68. The van der Waals surface area contributed by atoms with E-state index in [-0.39, 0.29) is 10.6 Å². The zero-order chi connectivity index (χ0) is 20.5. The van der Waals surface area contributed by atoms with Gasteiger partial charge in [0, 0.05) is 11.9 Å². The molecule has 0 saturated carbocycles. The molecule has 0 N–H and O–H groups in total. The number of nitriles is 1. The summed E-state index contributed by atoms with van der Waals surface area (Å²) < 4.78 is 64.7. The first-order valence-electron chi connectivity index (χ1n) is 7.76. The molecule has 3 rings (SSSR count). The van der Waals surface area contributed by atoms with E-state index in [4.69, 9.17) is 0 Å². The number of rotatable bonds is 4. The Bertz CT molecular complexity index is 1180. The van der Waals surface area contributed by atoms with E-state index in [1.54, 1.807) is 24.3 Å². The van der Waals surface area contributed by atoms with Gasteiger partial charge in [0.15, 0.2) is 4.91 Å². The number of halogens is 3. The van der Waals surface area contributed by atoms with Crippen molar-refractivity contribution in [3.63, 3.8) is 0 Å². The topological polar surface area (TPSA) is 75.8 Å². The largest absolute Gasteiger partial charge is 0.433 e. The Morgan fingerprint density at radius 2 is 1.89 bits per heavy atom. The Morgan fingerprint density at radius 3 is 2.46 bits per heavy atom. The molecule has 3 aromatic rings. The molecule has 0 aliphatic rings. The van der Waals surface area contributed by atoms with E-state index in [2.05, 4.69) is 5.10 Å². The van der Waals surface area contributed by atoms with E-state index in [9.17, 15) is 26.9 Å². The van der Waals surface area contributed by atoms with E-state index in [0.29, 0.717) is 9.75 Å². The fourth-order valence-electron chi connectivity index (χ4n) is 2.45. The molecule has 144 valence electrons. The number of aromatic nitrogens is 2. The quantitative estimate of drug-likeness (QED) is 0.579. The summed E-state index contributed by atoms with van der Waals surface area (Å²) in [5.74, 6) is 0. The molecule has 10 heteroatoms. The number of alkyl halides is 3. The molecule has 0 saturated heterocycles. The van der Waals surface area contributed by atoms with Gasteiger partial charge in [-0.2, -0.15) is 23.5 Å². The molecular weight excluding hydrogens is 411 g/mol. The highest BCUT2D eigenvalue weighted by Crippen LogP contribution is 2.35. The van der Waals surface area contributed by atoms with Gasteiger partial charge in [-0.05, 0) is 36.4 Å². The van der Waals surface area contributed by atoms with Crippen molar-refractivity contribution in [2.24, 2.45) is 7.05 Å². The van der Waals surface area contributed by atoms with E-state index in [1.165, 1.54) is 37.4 Å². The van der Waals surface area contributed by atoms with Crippen LogP contribution < -0.4 is 0 Å². The molecule has 0 fully saturated rings. The minimum absolute atomic E-state index is 0.0147. The molecule has 0 atom stereocenters. The van der Waals surface area contributed by atoms with Crippen molar-refractivity contribution in [2.75, 3.05) is 0 Å². The molecule has 28 heavy (non-hydrogen) atoms. The maximum atomic E-state index is 12.9. The van der Waals surface area contributed by atoms with Gasteiger partial charge >= 0.3 is 6.18 Å². The lowest BCUT2D eigenvalue weighted by Crippen LogP contribution is -2.11. The van der Waals surface area contributed by atoms with Crippen molar-refractivity contribution in [3.05, 3.63) is 64.0 Å². The van der Waals surface area contributed by atoms with Crippen LogP contribution in [-0.2, 0) is 23.1 Å². The minimum atomic E-state index is -4.53. The maximum Gasteiger partial charge on any atom is 0.433 e. The van der Waals surface area contributed by atoms with Gasteiger partial charge in [-0.15, -0.1) is 11.3 Å². The zero-order valence-electron chi connectivity index (χ0n) is 14.3. The molecule has 0 bridgehead atoms. The minimum Gasteiger partial charge on any atom is -0.263 e. The Hall–Kier alpha value is -2.90. The lowest BCUT2D eigenvalue weighted by Gasteiger charge is -2.04. The maximum absolute atomic E-state index is 12.9. The summed E-state index contributed by atoms with van der Waals surface area (Å²) in [5, 5.41) is 13.2. The van der Waals surface area contributed by atoms with Crippen LogP contribution in [0, 0.1) is 11.3 Å². The van der Waals surface area contributed by atoms with Crippen LogP contribution in [0.4, 0.5) is 13.2 Å².